The van der Waals surface area contributed by atoms with E-state index in [2.05, 4.69) is 16.2 Å². The Labute approximate surface area is 148 Å². The first-order valence-electron chi connectivity index (χ1n) is 6.93. The van der Waals surface area contributed by atoms with Gasteiger partial charge in [-0.15, -0.1) is 11.3 Å². The second-order valence-corrected chi connectivity index (χ2v) is 5.83. The van der Waals surface area contributed by atoms with Gasteiger partial charge < -0.3 is 4.74 Å². The molecule has 1 aromatic carbocycles. The number of amides is 2. The third-order valence-corrected chi connectivity index (χ3v) is 3.65. The maximum absolute atomic E-state index is 11.6. The normalized spacial score (nSPS) is 10.2. The predicted molar refractivity (Wildman–Crippen MR) is 97.3 cm³/mol. The highest BCUT2D eigenvalue weighted by Gasteiger charge is 2.05. The van der Waals surface area contributed by atoms with Crippen molar-refractivity contribution in [1.29, 1.82) is 0 Å². The predicted octanol–water partition coefficient (Wildman–Crippen LogP) is 1.86. The highest BCUT2D eigenvalue weighted by atomic mass is 32.1. The molecule has 0 saturated carbocycles. The van der Waals surface area contributed by atoms with Crippen LogP contribution in [0.25, 0.3) is 6.08 Å². The number of hydrogen-bond acceptors (Lipinski definition) is 5. The summed E-state index contributed by atoms with van der Waals surface area (Å²) in [5.41, 5.74) is 4.77. The van der Waals surface area contributed by atoms with E-state index in [-0.39, 0.29) is 11.7 Å². The van der Waals surface area contributed by atoms with Crippen LogP contribution >= 0.6 is 23.6 Å². The van der Waals surface area contributed by atoms with E-state index in [1.165, 1.54) is 17.4 Å². The van der Waals surface area contributed by atoms with Crippen LogP contribution < -0.4 is 20.9 Å². The van der Waals surface area contributed by atoms with Crippen molar-refractivity contribution >= 4 is 46.6 Å². The largest absolute Gasteiger partial charge is 0.484 e. The molecule has 0 aliphatic heterocycles. The maximum atomic E-state index is 11.6. The van der Waals surface area contributed by atoms with Gasteiger partial charge in [0.15, 0.2) is 11.7 Å². The third-order valence-electron chi connectivity index (χ3n) is 2.61. The summed E-state index contributed by atoms with van der Waals surface area (Å²) >= 11 is 6.43. The number of carbonyl (C=O) groups excluding carboxylic acids is 2. The minimum Gasteiger partial charge on any atom is -0.484 e. The van der Waals surface area contributed by atoms with E-state index in [0.717, 1.165) is 4.88 Å². The zero-order valence-corrected chi connectivity index (χ0v) is 14.2. The van der Waals surface area contributed by atoms with Gasteiger partial charge in [0.1, 0.15) is 5.75 Å². The van der Waals surface area contributed by atoms with Crippen molar-refractivity contribution in [2.75, 3.05) is 6.61 Å². The molecule has 0 saturated heterocycles. The molecule has 0 fully saturated rings. The molecule has 0 atom stereocenters. The Morgan fingerprint density at radius 2 is 1.92 bits per heavy atom. The van der Waals surface area contributed by atoms with E-state index in [4.69, 9.17) is 17.0 Å². The quantitative estimate of drug-likeness (QED) is 0.430. The van der Waals surface area contributed by atoms with Gasteiger partial charge in [-0.05, 0) is 41.9 Å². The van der Waals surface area contributed by atoms with Crippen molar-refractivity contribution < 1.29 is 14.3 Å². The fourth-order valence-corrected chi connectivity index (χ4v) is 2.33. The van der Waals surface area contributed by atoms with Crippen LogP contribution in [0.3, 0.4) is 0 Å². The van der Waals surface area contributed by atoms with E-state index < -0.39 is 11.8 Å². The number of rotatable bonds is 5. The van der Waals surface area contributed by atoms with Crippen LogP contribution in [0.4, 0.5) is 0 Å². The third kappa shape index (κ3) is 6.59. The molecule has 0 radical (unpaired) electrons. The first kappa shape index (κ1) is 17.6. The summed E-state index contributed by atoms with van der Waals surface area (Å²) in [5, 5.41) is 4.32. The highest BCUT2D eigenvalue weighted by molar-refractivity contribution is 7.80. The molecule has 0 bridgehead atoms. The molecule has 0 aliphatic carbocycles. The lowest BCUT2D eigenvalue weighted by Crippen LogP contribution is -2.49. The van der Waals surface area contributed by atoms with Gasteiger partial charge in [0, 0.05) is 11.0 Å². The van der Waals surface area contributed by atoms with Gasteiger partial charge in [0.2, 0.25) is 5.91 Å². The minimum atomic E-state index is -0.426. The van der Waals surface area contributed by atoms with Crippen LogP contribution in [-0.2, 0) is 9.59 Å². The Balaban J connectivity index is 1.65. The van der Waals surface area contributed by atoms with Crippen molar-refractivity contribution in [1.82, 2.24) is 16.2 Å². The second-order valence-electron chi connectivity index (χ2n) is 4.44. The van der Waals surface area contributed by atoms with E-state index in [1.54, 1.807) is 30.3 Å². The molecule has 0 spiro atoms. The molecule has 24 heavy (non-hydrogen) atoms. The summed E-state index contributed by atoms with van der Waals surface area (Å²) in [5.74, 6) is -0.234. The molecular formula is C16H15N3O3S2. The van der Waals surface area contributed by atoms with Gasteiger partial charge in [0.05, 0.1) is 0 Å². The zero-order chi connectivity index (χ0) is 17.2. The molecule has 2 rings (SSSR count). The summed E-state index contributed by atoms with van der Waals surface area (Å²) in [6.07, 6.45) is 3.04. The second kappa shape index (κ2) is 9.43. The molecule has 0 unspecified atom stereocenters. The maximum Gasteiger partial charge on any atom is 0.276 e. The minimum absolute atomic E-state index is 0.0103. The molecule has 124 valence electrons. The number of hydrazine groups is 1. The summed E-state index contributed by atoms with van der Waals surface area (Å²) in [4.78, 5) is 24.2. The smallest absolute Gasteiger partial charge is 0.276 e. The zero-order valence-electron chi connectivity index (χ0n) is 12.5. The number of nitrogens with one attached hydrogen (secondary N) is 3. The lowest BCUT2D eigenvalue weighted by Gasteiger charge is -2.10. The van der Waals surface area contributed by atoms with E-state index in [1.807, 2.05) is 23.6 Å². The molecule has 1 aromatic heterocycles. The Hall–Kier alpha value is -2.71. The molecule has 2 aromatic rings. The summed E-state index contributed by atoms with van der Waals surface area (Å²) in [6, 6.07) is 12.7. The Morgan fingerprint density at radius 3 is 2.62 bits per heavy atom. The molecule has 1 heterocycles. The summed E-state index contributed by atoms with van der Waals surface area (Å²) in [6.45, 7) is -0.175. The molecule has 3 N–H and O–H groups in total. The molecular weight excluding hydrogens is 346 g/mol. The van der Waals surface area contributed by atoms with Gasteiger partial charge in [-0.2, -0.15) is 0 Å². The van der Waals surface area contributed by atoms with Gasteiger partial charge in [-0.25, -0.2) is 0 Å². The van der Waals surface area contributed by atoms with E-state index in [0.29, 0.717) is 5.75 Å². The first-order chi connectivity index (χ1) is 11.6. The number of carbonyl (C=O) groups is 2. The van der Waals surface area contributed by atoms with Crippen molar-refractivity contribution in [3.8, 4) is 5.75 Å². The number of hydrogen-bond donors (Lipinski definition) is 3. The number of benzene rings is 1. The van der Waals surface area contributed by atoms with Crippen LogP contribution in [0.2, 0.25) is 0 Å². The van der Waals surface area contributed by atoms with Crippen molar-refractivity contribution in [2.24, 2.45) is 0 Å². The number of thiophene rings is 1. The van der Waals surface area contributed by atoms with Gasteiger partial charge >= 0.3 is 0 Å². The van der Waals surface area contributed by atoms with E-state index in [9.17, 15) is 9.59 Å². The van der Waals surface area contributed by atoms with Crippen LogP contribution in [0.15, 0.2) is 53.9 Å². The monoisotopic (exact) mass is 361 g/mol. The highest BCUT2D eigenvalue weighted by Crippen LogP contribution is 2.09. The van der Waals surface area contributed by atoms with Gasteiger partial charge in [0.25, 0.3) is 5.91 Å². The van der Waals surface area contributed by atoms with Gasteiger partial charge in [-0.3, -0.25) is 25.8 Å². The fourth-order valence-electron chi connectivity index (χ4n) is 1.56. The van der Waals surface area contributed by atoms with Crippen molar-refractivity contribution in [3.05, 3.63) is 58.8 Å². The fraction of sp³-hybridized carbons (Fsp3) is 0.0625. The number of ether oxygens (including phenoxy) is 1. The van der Waals surface area contributed by atoms with Crippen LogP contribution in [0.5, 0.6) is 5.75 Å². The average Bonchev–Trinajstić information content (AvgIpc) is 3.11. The SMILES string of the molecule is O=C(/C=C/c1cccs1)NC(=S)NNC(=O)COc1ccccc1. The average molecular weight is 361 g/mol. The molecule has 6 nitrogen and oxygen atoms in total. The van der Waals surface area contributed by atoms with Crippen LogP contribution in [0.1, 0.15) is 4.88 Å². The molecule has 8 heteroatoms. The van der Waals surface area contributed by atoms with Crippen molar-refractivity contribution in [2.45, 2.75) is 0 Å². The van der Waals surface area contributed by atoms with Gasteiger partial charge in [-0.1, -0.05) is 24.3 Å². The van der Waals surface area contributed by atoms with Crippen molar-refractivity contribution in [3.63, 3.8) is 0 Å². The Bertz CT molecular complexity index is 715. The standard InChI is InChI=1S/C16H15N3O3S2/c20-14(9-8-13-7-4-10-24-13)17-16(23)19-18-15(21)11-22-12-5-2-1-3-6-12/h1-10H,11H2,(H,18,21)(H2,17,19,20,23)/b9-8+. The Morgan fingerprint density at radius 1 is 1.12 bits per heavy atom. The van der Waals surface area contributed by atoms with E-state index >= 15 is 0 Å². The first-order valence-corrected chi connectivity index (χ1v) is 8.21. The summed E-state index contributed by atoms with van der Waals surface area (Å²) in [7, 11) is 0. The van der Waals surface area contributed by atoms with Crippen LogP contribution in [0, 0.1) is 0 Å². The Kier molecular flexibility index (Phi) is 6.93. The number of thiocarbonyl (C=S) groups is 1. The lowest BCUT2D eigenvalue weighted by molar-refractivity contribution is -0.123. The summed E-state index contributed by atoms with van der Waals surface area (Å²) < 4.78 is 5.27. The lowest BCUT2D eigenvalue weighted by atomic mass is 10.3. The molecule has 2 amide bonds. The van der Waals surface area contributed by atoms with Crippen LogP contribution in [-0.4, -0.2) is 23.5 Å². The topological polar surface area (TPSA) is 79.5 Å². The number of para-hydroxylation sites is 1. The molecule has 0 aliphatic rings.